The van der Waals surface area contributed by atoms with E-state index in [1.54, 1.807) is 19.2 Å². The molecule has 1 aliphatic rings. The van der Waals surface area contributed by atoms with E-state index in [1.807, 2.05) is 0 Å². The lowest BCUT2D eigenvalue weighted by Gasteiger charge is -2.19. The number of benzodiazepines with no additional fused rings is 1. The topological polar surface area (TPSA) is 41.9 Å². The molecule has 1 aliphatic heterocycles. The van der Waals surface area contributed by atoms with Gasteiger partial charge in [-0.2, -0.15) is 0 Å². The van der Waals surface area contributed by atoms with Crippen LogP contribution in [0.3, 0.4) is 0 Å². The fourth-order valence-corrected chi connectivity index (χ4v) is 2.95. The van der Waals surface area contributed by atoms with Crippen molar-refractivity contribution >= 4 is 40.5 Å². The highest BCUT2D eigenvalue weighted by Crippen LogP contribution is 2.37. The molecular formula is C17H13Cl2FN2O2. The molecule has 124 valence electrons. The van der Waals surface area contributed by atoms with Crippen LogP contribution in [-0.4, -0.2) is 32.3 Å². The summed E-state index contributed by atoms with van der Waals surface area (Å²) in [5.74, 6) is -0.251. The van der Waals surface area contributed by atoms with Gasteiger partial charge in [-0.05, 0) is 30.3 Å². The molecule has 2 aromatic rings. The van der Waals surface area contributed by atoms with Gasteiger partial charge in [-0.3, -0.25) is 9.79 Å². The Kier molecular flexibility index (Phi) is 4.47. The van der Waals surface area contributed by atoms with Crippen LogP contribution in [0.25, 0.3) is 0 Å². The van der Waals surface area contributed by atoms with E-state index in [-0.39, 0.29) is 28.7 Å². The zero-order valence-corrected chi connectivity index (χ0v) is 14.5. The standard InChI is InChI=1S/C17H13Cl2FN2O2/c1-22-13-6-4-11(18)16(19)15(13)17(21-8-14(22)23)10-7-9(24-2)3-5-12(10)20/h3-7H,8H2,1-2H3. The summed E-state index contributed by atoms with van der Waals surface area (Å²) in [7, 11) is 3.10. The average Bonchev–Trinajstić information content (AvgIpc) is 2.70. The van der Waals surface area contributed by atoms with Gasteiger partial charge in [0.1, 0.15) is 18.1 Å². The van der Waals surface area contributed by atoms with Gasteiger partial charge >= 0.3 is 0 Å². The van der Waals surface area contributed by atoms with Crippen LogP contribution in [0.1, 0.15) is 11.1 Å². The molecule has 1 heterocycles. The second-order valence-electron chi connectivity index (χ2n) is 5.22. The summed E-state index contributed by atoms with van der Waals surface area (Å²) in [5, 5.41) is 0.519. The highest BCUT2D eigenvalue weighted by molar-refractivity contribution is 6.45. The van der Waals surface area contributed by atoms with Crippen LogP contribution in [0.2, 0.25) is 10.0 Å². The maximum Gasteiger partial charge on any atom is 0.248 e. The number of carbonyl (C=O) groups is 1. The first-order chi connectivity index (χ1) is 11.4. The zero-order chi connectivity index (χ0) is 17.4. The van der Waals surface area contributed by atoms with E-state index in [2.05, 4.69) is 4.99 Å². The predicted molar refractivity (Wildman–Crippen MR) is 93.3 cm³/mol. The number of hydrogen-bond acceptors (Lipinski definition) is 3. The summed E-state index contributed by atoms with van der Waals surface area (Å²) < 4.78 is 19.6. The largest absolute Gasteiger partial charge is 0.497 e. The number of rotatable bonds is 2. The molecule has 0 fully saturated rings. The van der Waals surface area contributed by atoms with Crippen LogP contribution in [0.15, 0.2) is 35.3 Å². The number of anilines is 1. The second kappa shape index (κ2) is 6.42. The van der Waals surface area contributed by atoms with Crippen molar-refractivity contribution in [2.45, 2.75) is 0 Å². The maximum absolute atomic E-state index is 14.4. The molecule has 0 unspecified atom stereocenters. The number of hydrogen-bond donors (Lipinski definition) is 0. The number of carbonyl (C=O) groups excluding carboxylic acids is 1. The van der Waals surface area contributed by atoms with E-state index >= 15 is 0 Å². The highest BCUT2D eigenvalue weighted by atomic mass is 35.5. The number of aliphatic imine (C=N–C) groups is 1. The van der Waals surface area contributed by atoms with Crippen molar-refractivity contribution in [1.82, 2.24) is 0 Å². The van der Waals surface area contributed by atoms with Crippen LogP contribution in [0.5, 0.6) is 5.75 Å². The van der Waals surface area contributed by atoms with Gasteiger partial charge < -0.3 is 9.64 Å². The molecule has 0 radical (unpaired) electrons. The summed E-state index contributed by atoms with van der Waals surface area (Å²) in [6.07, 6.45) is 0. The fraction of sp³-hybridized carbons (Fsp3) is 0.176. The van der Waals surface area contributed by atoms with Crippen molar-refractivity contribution in [3.8, 4) is 5.75 Å². The van der Waals surface area contributed by atoms with Gasteiger partial charge in [0.15, 0.2) is 0 Å². The lowest BCUT2D eigenvalue weighted by molar-refractivity contribution is -0.116. The SMILES string of the molecule is COc1ccc(F)c(C2=NCC(=O)N(C)c3ccc(Cl)c(Cl)c32)c1. The quantitative estimate of drug-likeness (QED) is 0.807. The minimum Gasteiger partial charge on any atom is -0.497 e. The lowest BCUT2D eigenvalue weighted by Crippen LogP contribution is -2.27. The minimum atomic E-state index is -0.492. The minimum absolute atomic E-state index is 0.120. The molecule has 0 spiro atoms. The Morgan fingerprint density at radius 3 is 2.71 bits per heavy atom. The van der Waals surface area contributed by atoms with Gasteiger partial charge in [-0.25, -0.2) is 4.39 Å². The Morgan fingerprint density at radius 2 is 2.00 bits per heavy atom. The Hall–Kier alpha value is -2.11. The molecule has 0 aromatic heterocycles. The fourth-order valence-electron chi connectivity index (χ4n) is 2.54. The van der Waals surface area contributed by atoms with Gasteiger partial charge in [-0.15, -0.1) is 0 Å². The summed E-state index contributed by atoms with van der Waals surface area (Å²) in [4.78, 5) is 17.9. The number of methoxy groups -OCH3 is 1. The summed E-state index contributed by atoms with van der Waals surface area (Å²) >= 11 is 12.5. The number of benzene rings is 2. The van der Waals surface area contributed by atoms with Gasteiger partial charge in [0.05, 0.1) is 28.6 Å². The molecule has 0 saturated carbocycles. The lowest BCUT2D eigenvalue weighted by atomic mass is 9.99. The molecule has 24 heavy (non-hydrogen) atoms. The van der Waals surface area contributed by atoms with E-state index < -0.39 is 5.82 Å². The molecule has 3 rings (SSSR count). The smallest absolute Gasteiger partial charge is 0.248 e. The molecule has 1 amide bonds. The normalized spacial score (nSPS) is 14.1. The summed E-state index contributed by atoms with van der Waals surface area (Å²) in [6, 6.07) is 7.57. The van der Waals surface area contributed by atoms with Crippen molar-refractivity contribution in [2.75, 3.05) is 25.6 Å². The third-order valence-electron chi connectivity index (χ3n) is 3.85. The first-order valence-corrected chi connectivity index (χ1v) is 7.83. The molecule has 0 N–H and O–H groups in total. The van der Waals surface area contributed by atoms with Gasteiger partial charge in [0.25, 0.3) is 0 Å². The second-order valence-corrected chi connectivity index (χ2v) is 6.00. The van der Waals surface area contributed by atoms with Crippen molar-refractivity contribution < 1.29 is 13.9 Å². The average molecular weight is 367 g/mol. The predicted octanol–water partition coefficient (Wildman–Crippen LogP) is 3.95. The van der Waals surface area contributed by atoms with Crippen LogP contribution < -0.4 is 9.64 Å². The number of likely N-dealkylation sites (N-methyl/N-ethyl adjacent to an activating group) is 1. The molecule has 0 bridgehead atoms. The van der Waals surface area contributed by atoms with Crippen molar-refractivity contribution in [2.24, 2.45) is 4.99 Å². The number of halogens is 3. The Labute approximate surface area is 148 Å². The molecule has 0 saturated heterocycles. The van der Waals surface area contributed by atoms with E-state index in [1.165, 1.54) is 30.2 Å². The van der Waals surface area contributed by atoms with Crippen molar-refractivity contribution in [1.29, 1.82) is 0 Å². The van der Waals surface area contributed by atoms with E-state index in [4.69, 9.17) is 27.9 Å². The van der Waals surface area contributed by atoms with Crippen LogP contribution in [0, 0.1) is 5.82 Å². The Balaban J connectivity index is 2.32. The maximum atomic E-state index is 14.4. The first-order valence-electron chi connectivity index (χ1n) is 7.07. The van der Waals surface area contributed by atoms with Crippen molar-refractivity contribution in [3.05, 3.63) is 57.3 Å². The molecule has 0 aliphatic carbocycles. The number of fused-ring (bicyclic) bond motifs is 1. The Bertz CT molecular complexity index is 868. The number of amides is 1. The summed E-state index contributed by atoms with van der Waals surface area (Å²) in [5.41, 5.74) is 1.41. The van der Waals surface area contributed by atoms with Crippen molar-refractivity contribution in [3.63, 3.8) is 0 Å². The van der Waals surface area contributed by atoms with Gasteiger partial charge in [-0.1, -0.05) is 23.2 Å². The Morgan fingerprint density at radius 1 is 1.25 bits per heavy atom. The summed E-state index contributed by atoms with van der Waals surface area (Å²) in [6.45, 7) is -0.120. The monoisotopic (exact) mass is 366 g/mol. The number of nitrogens with zero attached hydrogens (tertiary/aromatic N) is 2. The molecule has 2 aromatic carbocycles. The highest BCUT2D eigenvalue weighted by Gasteiger charge is 2.27. The molecule has 7 heteroatoms. The molecular weight excluding hydrogens is 354 g/mol. The number of ether oxygens (including phenoxy) is 1. The van der Waals surface area contributed by atoms with Crippen LogP contribution >= 0.6 is 23.2 Å². The zero-order valence-electron chi connectivity index (χ0n) is 12.9. The van der Waals surface area contributed by atoms with E-state index in [9.17, 15) is 9.18 Å². The molecule has 4 nitrogen and oxygen atoms in total. The molecule has 0 atom stereocenters. The van der Waals surface area contributed by atoms with E-state index in [0.29, 0.717) is 22.0 Å². The van der Waals surface area contributed by atoms with E-state index in [0.717, 1.165) is 0 Å². The third kappa shape index (κ3) is 2.74. The van der Waals surface area contributed by atoms with Crippen LogP contribution in [-0.2, 0) is 4.79 Å². The first kappa shape index (κ1) is 16.7. The van der Waals surface area contributed by atoms with Gasteiger partial charge in [0.2, 0.25) is 5.91 Å². The third-order valence-corrected chi connectivity index (χ3v) is 4.65. The van der Waals surface area contributed by atoms with Crippen LogP contribution in [0.4, 0.5) is 10.1 Å². The van der Waals surface area contributed by atoms with Gasteiger partial charge in [0, 0.05) is 18.2 Å².